The highest BCUT2D eigenvalue weighted by Crippen LogP contribution is 2.51. The van der Waals surface area contributed by atoms with E-state index >= 15 is 0 Å². The number of hydrogen-bond donors (Lipinski definition) is 2. The number of aromatic nitrogens is 2. The van der Waals surface area contributed by atoms with Gasteiger partial charge in [-0.05, 0) is 54.9 Å². The molecule has 0 unspecified atom stereocenters. The number of hydrogen-bond acceptors (Lipinski definition) is 5. The minimum absolute atomic E-state index is 0.0415. The SMILES string of the molecule is COc1ccc2c(c1)CC1(CCN(c3ncc(C)[nH]c3=O)CC1)[C@@H]2N. The minimum Gasteiger partial charge on any atom is -0.497 e. The maximum absolute atomic E-state index is 12.2. The topological polar surface area (TPSA) is 84.2 Å². The van der Waals surface area contributed by atoms with Crippen molar-refractivity contribution >= 4 is 5.82 Å². The molecule has 0 bridgehead atoms. The number of anilines is 1. The van der Waals surface area contributed by atoms with E-state index in [1.54, 1.807) is 13.3 Å². The minimum atomic E-state index is -0.111. The van der Waals surface area contributed by atoms with E-state index in [9.17, 15) is 4.79 Å². The van der Waals surface area contributed by atoms with Gasteiger partial charge in [-0.15, -0.1) is 0 Å². The third-order valence-electron chi connectivity index (χ3n) is 5.84. The number of aryl methyl sites for hydroxylation is 1. The normalized spacial score (nSPS) is 21.4. The van der Waals surface area contributed by atoms with Gasteiger partial charge in [-0.2, -0.15) is 0 Å². The standard InChI is InChI=1S/C19H24N4O2/c1-12-11-21-17(18(24)22-12)23-7-5-19(6-8-23)10-13-9-14(25-2)3-4-15(13)16(19)20/h3-4,9,11,16H,5-8,10,20H2,1-2H3,(H,22,24)/t16-/m1/s1. The second-order valence-corrected chi connectivity index (χ2v) is 7.29. The third kappa shape index (κ3) is 2.61. The molecule has 1 saturated heterocycles. The van der Waals surface area contributed by atoms with Crippen molar-refractivity contribution in [2.24, 2.45) is 11.1 Å². The first-order valence-electron chi connectivity index (χ1n) is 8.76. The molecule has 25 heavy (non-hydrogen) atoms. The van der Waals surface area contributed by atoms with E-state index in [1.165, 1.54) is 11.1 Å². The highest BCUT2D eigenvalue weighted by Gasteiger charge is 2.46. The highest BCUT2D eigenvalue weighted by atomic mass is 16.5. The van der Waals surface area contributed by atoms with Gasteiger partial charge in [0.05, 0.1) is 7.11 Å². The molecule has 2 aromatic rings. The van der Waals surface area contributed by atoms with Crippen molar-refractivity contribution in [3.8, 4) is 5.75 Å². The van der Waals surface area contributed by atoms with Crippen LogP contribution < -0.4 is 20.9 Å². The largest absolute Gasteiger partial charge is 0.497 e. The number of rotatable bonds is 2. The van der Waals surface area contributed by atoms with Gasteiger partial charge in [0.15, 0.2) is 5.82 Å². The number of aromatic amines is 1. The van der Waals surface area contributed by atoms with Crippen LogP contribution in [0.5, 0.6) is 5.75 Å². The zero-order valence-corrected chi connectivity index (χ0v) is 14.7. The van der Waals surface area contributed by atoms with Crippen molar-refractivity contribution < 1.29 is 4.74 Å². The summed E-state index contributed by atoms with van der Waals surface area (Å²) in [5, 5.41) is 0. The van der Waals surface area contributed by atoms with Crippen LogP contribution in [0.2, 0.25) is 0 Å². The lowest BCUT2D eigenvalue weighted by molar-refractivity contribution is 0.187. The Morgan fingerprint density at radius 2 is 2.12 bits per heavy atom. The highest BCUT2D eigenvalue weighted by molar-refractivity contribution is 5.44. The first-order valence-corrected chi connectivity index (χ1v) is 8.76. The molecule has 1 aromatic carbocycles. The van der Waals surface area contributed by atoms with Crippen LogP contribution >= 0.6 is 0 Å². The Bertz CT molecular complexity index is 853. The van der Waals surface area contributed by atoms with Gasteiger partial charge in [0.1, 0.15) is 5.75 Å². The summed E-state index contributed by atoms with van der Waals surface area (Å²) < 4.78 is 5.35. The summed E-state index contributed by atoms with van der Waals surface area (Å²) in [5.41, 5.74) is 9.92. The number of ether oxygens (including phenoxy) is 1. The van der Waals surface area contributed by atoms with Gasteiger partial charge in [-0.3, -0.25) is 4.79 Å². The molecule has 0 saturated carbocycles. The quantitative estimate of drug-likeness (QED) is 0.873. The van der Waals surface area contributed by atoms with Gasteiger partial charge in [-0.25, -0.2) is 4.98 Å². The number of nitrogens with two attached hydrogens (primary N) is 1. The van der Waals surface area contributed by atoms with Crippen molar-refractivity contribution in [2.45, 2.75) is 32.2 Å². The molecular weight excluding hydrogens is 316 g/mol. The van der Waals surface area contributed by atoms with E-state index in [0.29, 0.717) is 5.82 Å². The number of nitrogens with zero attached hydrogens (tertiary/aromatic N) is 2. The predicted molar refractivity (Wildman–Crippen MR) is 97.1 cm³/mol. The van der Waals surface area contributed by atoms with E-state index < -0.39 is 0 Å². The molecule has 4 rings (SSSR count). The van der Waals surface area contributed by atoms with E-state index in [-0.39, 0.29) is 17.0 Å². The number of piperidine rings is 1. The van der Waals surface area contributed by atoms with Gasteiger partial charge in [0.2, 0.25) is 0 Å². The second kappa shape index (κ2) is 5.88. The summed E-state index contributed by atoms with van der Waals surface area (Å²) >= 11 is 0. The van der Waals surface area contributed by atoms with Gasteiger partial charge < -0.3 is 20.4 Å². The number of H-pyrrole nitrogens is 1. The summed E-state index contributed by atoms with van der Waals surface area (Å²) in [5.74, 6) is 1.40. The molecule has 132 valence electrons. The van der Waals surface area contributed by atoms with E-state index in [2.05, 4.69) is 27.0 Å². The lowest BCUT2D eigenvalue weighted by atomic mass is 9.73. The van der Waals surface area contributed by atoms with Crippen molar-refractivity contribution in [3.63, 3.8) is 0 Å². The predicted octanol–water partition coefficient (Wildman–Crippen LogP) is 1.93. The number of fused-ring (bicyclic) bond motifs is 1. The number of benzene rings is 1. The smallest absolute Gasteiger partial charge is 0.291 e. The zero-order valence-electron chi connectivity index (χ0n) is 14.7. The molecule has 2 aliphatic rings. The average molecular weight is 340 g/mol. The second-order valence-electron chi connectivity index (χ2n) is 7.29. The molecule has 1 aliphatic heterocycles. The van der Waals surface area contributed by atoms with E-state index in [0.717, 1.165) is 43.8 Å². The molecule has 1 aromatic heterocycles. The van der Waals surface area contributed by atoms with Gasteiger partial charge in [0, 0.05) is 31.0 Å². The molecule has 1 atom stereocenters. The molecule has 6 heteroatoms. The van der Waals surface area contributed by atoms with Crippen LogP contribution in [0.3, 0.4) is 0 Å². The van der Waals surface area contributed by atoms with Crippen LogP contribution in [0.1, 0.15) is 35.7 Å². The van der Waals surface area contributed by atoms with Crippen LogP contribution in [-0.2, 0) is 6.42 Å². The number of methoxy groups -OCH3 is 1. The summed E-state index contributed by atoms with van der Waals surface area (Å²) in [6, 6.07) is 6.25. The monoisotopic (exact) mass is 340 g/mol. The summed E-state index contributed by atoms with van der Waals surface area (Å²) in [4.78, 5) is 21.4. The van der Waals surface area contributed by atoms with E-state index in [4.69, 9.17) is 10.5 Å². The van der Waals surface area contributed by atoms with Crippen LogP contribution in [0.15, 0.2) is 29.2 Å². The Labute approximate surface area is 147 Å². The van der Waals surface area contributed by atoms with Gasteiger partial charge >= 0.3 is 0 Å². The fourth-order valence-electron chi connectivity index (χ4n) is 4.35. The Morgan fingerprint density at radius 3 is 2.80 bits per heavy atom. The van der Waals surface area contributed by atoms with Gasteiger partial charge in [0.25, 0.3) is 5.56 Å². The average Bonchev–Trinajstić information content (AvgIpc) is 2.87. The Hall–Kier alpha value is -2.34. The molecular formula is C19H24N4O2. The maximum Gasteiger partial charge on any atom is 0.291 e. The Kier molecular flexibility index (Phi) is 3.80. The first-order chi connectivity index (χ1) is 12.0. The van der Waals surface area contributed by atoms with Crippen LogP contribution in [0.25, 0.3) is 0 Å². The van der Waals surface area contributed by atoms with Crippen molar-refractivity contribution in [1.82, 2.24) is 9.97 Å². The molecule has 1 aliphatic carbocycles. The molecule has 6 nitrogen and oxygen atoms in total. The first kappa shape index (κ1) is 16.1. The molecule has 2 heterocycles. The lowest BCUT2D eigenvalue weighted by Crippen LogP contribution is -2.46. The van der Waals surface area contributed by atoms with Crippen LogP contribution in [-0.4, -0.2) is 30.2 Å². The van der Waals surface area contributed by atoms with Crippen LogP contribution in [0.4, 0.5) is 5.82 Å². The van der Waals surface area contributed by atoms with Crippen molar-refractivity contribution in [2.75, 3.05) is 25.1 Å². The van der Waals surface area contributed by atoms with Crippen molar-refractivity contribution in [3.05, 3.63) is 51.6 Å². The molecule has 1 fully saturated rings. The van der Waals surface area contributed by atoms with Crippen LogP contribution in [0, 0.1) is 12.3 Å². The Balaban J connectivity index is 1.54. The summed E-state index contributed by atoms with van der Waals surface area (Å²) in [7, 11) is 1.69. The fraction of sp³-hybridized carbons (Fsp3) is 0.474. The maximum atomic E-state index is 12.2. The lowest BCUT2D eigenvalue weighted by Gasteiger charge is -2.42. The summed E-state index contributed by atoms with van der Waals surface area (Å²) in [6.45, 7) is 3.45. The molecule has 1 spiro atoms. The summed E-state index contributed by atoms with van der Waals surface area (Å²) in [6.07, 6.45) is 4.61. The third-order valence-corrected chi connectivity index (χ3v) is 5.84. The zero-order chi connectivity index (χ0) is 17.6. The molecule has 0 radical (unpaired) electrons. The van der Waals surface area contributed by atoms with E-state index in [1.807, 2.05) is 13.0 Å². The van der Waals surface area contributed by atoms with Crippen molar-refractivity contribution in [1.29, 1.82) is 0 Å². The fourth-order valence-corrected chi connectivity index (χ4v) is 4.35. The number of nitrogens with one attached hydrogen (secondary N) is 1. The Morgan fingerprint density at radius 1 is 1.36 bits per heavy atom. The molecule has 0 amide bonds. The van der Waals surface area contributed by atoms with Gasteiger partial charge in [-0.1, -0.05) is 6.07 Å². The molecule has 3 N–H and O–H groups in total.